The van der Waals surface area contributed by atoms with Crippen LogP contribution in [0.2, 0.25) is 0 Å². The number of hydrogen-bond acceptors (Lipinski definition) is 5. The maximum absolute atomic E-state index is 5.43. The molecule has 5 heterocycles. The van der Waals surface area contributed by atoms with Crippen LogP contribution in [0.1, 0.15) is 0 Å². The van der Waals surface area contributed by atoms with Gasteiger partial charge in [0.05, 0.1) is 34.0 Å². The molecule has 0 radical (unpaired) electrons. The summed E-state index contributed by atoms with van der Waals surface area (Å²) in [6.45, 7) is 0. The van der Waals surface area contributed by atoms with Crippen molar-refractivity contribution in [2.75, 3.05) is 0 Å². The lowest BCUT2D eigenvalue weighted by molar-refractivity contribution is 1.22. The molecule has 0 unspecified atom stereocenters. The number of fused-ring (bicyclic) bond motifs is 9. The Bertz CT molecular complexity index is 3530. The predicted octanol–water partition coefficient (Wildman–Crippen LogP) is 15.1. The highest BCUT2D eigenvalue weighted by molar-refractivity contribution is 7.24. The molecule has 0 spiro atoms. The molecule has 0 amide bonds. The van der Waals surface area contributed by atoms with E-state index in [1.807, 2.05) is 60.1 Å². The zero-order valence-electron chi connectivity index (χ0n) is 32.8. The van der Waals surface area contributed by atoms with Gasteiger partial charge in [-0.15, -0.1) is 11.3 Å². The van der Waals surface area contributed by atoms with Crippen molar-refractivity contribution in [1.29, 1.82) is 0 Å². The van der Waals surface area contributed by atoms with Crippen molar-refractivity contribution >= 4 is 64.6 Å². The van der Waals surface area contributed by atoms with Crippen LogP contribution in [0.5, 0.6) is 0 Å². The maximum atomic E-state index is 5.43. The first-order valence-corrected chi connectivity index (χ1v) is 21.3. The molecule has 0 saturated carbocycles. The van der Waals surface area contributed by atoms with Gasteiger partial charge in [0.2, 0.25) is 0 Å². The number of benzene rings is 7. The zero-order valence-corrected chi connectivity index (χ0v) is 33.6. The molecule has 5 heteroatoms. The first-order chi connectivity index (χ1) is 30.2. The van der Waals surface area contributed by atoms with E-state index in [1.54, 1.807) is 0 Å². The molecular weight excluding hydrogens is 761 g/mol. The highest BCUT2D eigenvalue weighted by Crippen LogP contribution is 2.51. The summed E-state index contributed by atoms with van der Waals surface area (Å²) in [5.41, 5.74) is 12.0. The van der Waals surface area contributed by atoms with Gasteiger partial charge in [-0.25, -0.2) is 9.97 Å². The van der Waals surface area contributed by atoms with Gasteiger partial charge in [0.1, 0.15) is 0 Å². The van der Waals surface area contributed by atoms with Gasteiger partial charge >= 0.3 is 0 Å². The number of para-hydroxylation sites is 1. The Hall–Kier alpha value is -7.86. The summed E-state index contributed by atoms with van der Waals surface area (Å²) >= 11 is 1.86. The van der Waals surface area contributed by atoms with E-state index < -0.39 is 0 Å². The fraction of sp³-hybridized carbons (Fsp3) is 0. The van der Waals surface area contributed by atoms with Crippen LogP contribution < -0.4 is 0 Å². The fourth-order valence-corrected chi connectivity index (χ4v) is 10.3. The molecule has 0 N–H and O–H groups in total. The van der Waals surface area contributed by atoms with E-state index in [0.29, 0.717) is 0 Å². The van der Waals surface area contributed by atoms with E-state index in [-0.39, 0.29) is 0 Å². The van der Waals surface area contributed by atoms with E-state index in [9.17, 15) is 0 Å². The number of hydrogen-bond donors (Lipinski definition) is 0. The molecule has 5 aromatic heterocycles. The molecule has 284 valence electrons. The fourth-order valence-electron chi connectivity index (χ4n) is 8.94. The standard InChI is InChI=1S/C56H34N4S/c1-2-14-36(15-3-1)54-53-52(38-28-29-44-42-18-5-4-16-40(42)41-17-6-7-19-43(41)46(44)32-38)55(61-56(53)45-20-8-9-21-47(45)60-54)37-26-24-35(25-27-37)39-33-50(48-22-10-12-30-57-48)59-51(34-39)49-23-11-13-31-58-49/h1-34H. The SMILES string of the molecule is c1ccc(-c2nc3ccccc3c3sc(-c4ccc(-c5cc(-c6ccccn6)nc(-c6ccccn6)c5)cc4)c(-c4ccc5c6ccccc6c6ccccc6c5c4)c23)cc1. The molecule has 0 aliphatic carbocycles. The van der Waals surface area contributed by atoms with E-state index in [0.717, 1.165) is 61.6 Å². The molecular formula is C56H34N4S. The summed E-state index contributed by atoms with van der Waals surface area (Å²) < 4.78 is 1.23. The summed E-state index contributed by atoms with van der Waals surface area (Å²) in [6, 6.07) is 69.0. The first kappa shape index (κ1) is 35.1. The monoisotopic (exact) mass is 794 g/mol. The molecule has 0 atom stereocenters. The summed E-state index contributed by atoms with van der Waals surface area (Å²) in [7, 11) is 0. The third kappa shape index (κ3) is 5.97. The van der Waals surface area contributed by atoms with Crippen molar-refractivity contribution in [3.63, 3.8) is 0 Å². The predicted molar refractivity (Wildman–Crippen MR) is 256 cm³/mol. The zero-order chi connectivity index (χ0) is 40.3. The third-order valence-electron chi connectivity index (χ3n) is 11.8. The number of thiophene rings is 1. The van der Waals surface area contributed by atoms with Crippen molar-refractivity contribution in [3.8, 4) is 66.7 Å². The quantitative estimate of drug-likeness (QED) is 0.157. The Labute approximate surface area is 356 Å². The molecule has 61 heavy (non-hydrogen) atoms. The van der Waals surface area contributed by atoms with Crippen molar-refractivity contribution in [2.24, 2.45) is 0 Å². The van der Waals surface area contributed by atoms with Crippen molar-refractivity contribution in [1.82, 2.24) is 19.9 Å². The van der Waals surface area contributed by atoms with Crippen LogP contribution in [-0.2, 0) is 0 Å². The Morgan fingerprint density at radius 1 is 0.328 bits per heavy atom. The highest BCUT2D eigenvalue weighted by atomic mass is 32.1. The maximum Gasteiger partial charge on any atom is 0.0900 e. The minimum atomic E-state index is 0.805. The molecule has 7 aromatic carbocycles. The Balaban J connectivity index is 1.11. The van der Waals surface area contributed by atoms with Crippen molar-refractivity contribution < 1.29 is 0 Å². The number of pyridine rings is 4. The lowest BCUT2D eigenvalue weighted by Crippen LogP contribution is -1.94. The van der Waals surface area contributed by atoms with E-state index in [2.05, 4.69) is 168 Å². The van der Waals surface area contributed by atoms with Gasteiger partial charge in [-0.05, 0) is 103 Å². The van der Waals surface area contributed by atoms with Crippen LogP contribution in [0.25, 0.3) is 120 Å². The molecule has 0 saturated heterocycles. The average Bonchev–Trinajstić information content (AvgIpc) is 3.76. The normalized spacial score (nSPS) is 11.6. The topological polar surface area (TPSA) is 51.6 Å². The van der Waals surface area contributed by atoms with Gasteiger partial charge in [-0.1, -0.05) is 146 Å². The van der Waals surface area contributed by atoms with Crippen LogP contribution in [0.4, 0.5) is 0 Å². The van der Waals surface area contributed by atoms with Crippen molar-refractivity contribution in [2.45, 2.75) is 0 Å². The van der Waals surface area contributed by atoms with E-state index in [1.165, 1.54) is 58.4 Å². The van der Waals surface area contributed by atoms with Crippen molar-refractivity contribution in [3.05, 3.63) is 207 Å². The summed E-state index contributed by atoms with van der Waals surface area (Å²) in [6.07, 6.45) is 3.62. The Morgan fingerprint density at radius 3 is 1.48 bits per heavy atom. The minimum Gasteiger partial charge on any atom is -0.255 e. The largest absolute Gasteiger partial charge is 0.255 e. The van der Waals surface area contributed by atoms with E-state index in [4.69, 9.17) is 9.97 Å². The minimum absolute atomic E-state index is 0.805. The molecule has 0 aliphatic rings. The third-order valence-corrected chi connectivity index (χ3v) is 13.0. The number of nitrogens with zero attached hydrogens (tertiary/aromatic N) is 4. The van der Waals surface area contributed by atoms with Crippen LogP contribution >= 0.6 is 11.3 Å². The summed E-state index contributed by atoms with van der Waals surface area (Å²) in [5, 5.41) is 9.88. The summed E-state index contributed by atoms with van der Waals surface area (Å²) in [5.74, 6) is 0. The van der Waals surface area contributed by atoms with Gasteiger partial charge < -0.3 is 0 Å². The Morgan fingerprint density at radius 2 is 0.852 bits per heavy atom. The van der Waals surface area contributed by atoms with Crippen LogP contribution in [0.15, 0.2) is 207 Å². The van der Waals surface area contributed by atoms with Gasteiger partial charge in [-0.2, -0.15) is 0 Å². The number of aromatic nitrogens is 4. The first-order valence-electron chi connectivity index (χ1n) is 20.5. The Kier molecular flexibility index (Phi) is 8.32. The number of rotatable bonds is 6. The molecule has 12 aromatic rings. The van der Waals surface area contributed by atoms with Gasteiger partial charge in [0.25, 0.3) is 0 Å². The second-order valence-corrected chi connectivity index (χ2v) is 16.4. The van der Waals surface area contributed by atoms with Crippen LogP contribution in [0, 0.1) is 0 Å². The molecule has 0 bridgehead atoms. The second kappa shape index (κ2) is 14.5. The second-order valence-electron chi connectivity index (χ2n) is 15.3. The lowest BCUT2D eigenvalue weighted by Gasteiger charge is -2.14. The average molecular weight is 795 g/mol. The lowest BCUT2D eigenvalue weighted by atomic mass is 9.90. The highest BCUT2D eigenvalue weighted by Gasteiger charge is 2.24. The van der Waals surface area contributed by atoms with Gasteiger partial charge in [-0.3, -0.25) is 9.97 Å². The molecule has 12 rings (SSSR count). The van der Waals surface area contributed by atoms with Crippen LogP contribution in [0.3, 0.4) is 0 Å². The van der Waals surface area contributed by atoms with Gasteiger partial charge in [0.15, 0.2) is 0 Å². The molecule has 4 nitrogen and oxygen atoms in total. The molecule has 0 fully saturated rings. The summed E-state index contributed by atoms with van der Waals surface area (Å²) in [4.78, 5) is 21.0. The van der Waals surface area contributed by atoms with E-state index >= 15 is 0 Å². The van der Waals surface area contributed by atoms with Crippen LogP contribution in [-0.4, -0.2) is 19.9 Å². The van der Waals surface area contributed by atoms with Gasteiger partial charge in [0, 0.05) is 43.9 Å². The smallest absolute Gasteiger partial charge is 0.0900 e. The molecule has 0 aliphatic heterocycles.